The predicted molar refractivity (Wildman–Crippen MR) is 135 cm³/mol. The number of anilines is 2. The fraction of sp³-hybridized carbons (Fsp3) is 0.360. The first-order chi connectivity index (χ1) is 17.9. The van der Waals surface area contributed by atoms with Gasteiger partial charge >= 0.3 is 0 Å². The van der Waals surface area contributed by atoms with Crippen LogP contribution in [0.25, 0.3) is 16.8 Å². The van der Waals surface area contributed by atoms with Crippen molar-refractivity contribution in [3.63, 3.8) is 0 Å². The highest BCUT2D eigenvalue weighted by Crippen LogP contribution is 2.43. The number of fused-ring (bicyclic) bond motifs is 1. The molecule has 12 heteroatoms. The van der Waals surface area contributed by atoms with E-state index in [9.17, 15) is 9.59 Å². The van der Waals surface area contributed by atoms with Crippen LogP contribution in [0.3, 0.4) is 0 Å². The Balaban J connectivity index is 1.15. The van der Waals surface area contributed by atoms with E-state index in [-0.39, 0.29) is 17.3 Å². The van der Waals surface area contributed by atoms with Crippen LogP contribution >= 0.6 is 0 Å². The van der Waals surface area contributed by atoms with Crippen molar-refractivity contribution < 1.29 is 14.3 Å². The van der Waals surface area contributed by atoms with E-state index in [2.05, 4.69) is 35.8 Å². The zero-order valence-electron chi connectivity index (χ0n) is 20.6. The van der Waals surface area contributed by atoms with Gasteiger partial charge in [-0.1, -0.05) is 0 Å². The first-order valence-electron chi connectivity index (χ1n) is 12.1. The van der Waals surface area contributed by atoms with Crippen LogP contribution in [0.4, 0.5) is 11.4 Å². The van der Waals surface area contributed by atoms with Gasteiger partial charge in [0.25, 0.3) is 5.91 Å². The van der Waals surface area contributed by atoms with Gasteiger partial charge in [0.2, 0.25) is 11.7 Å². The number of aryl methyl sites for hydroxylation is 2. The molecule has 2 fully saturated rings. The number of amides is 2. The Bertz CT molecular complexity index is 1500. The van der Waals surface area contributed by atoms with Crippen LogP contribution in [0, 0.1) is 6.92 Å². The lowest BCUT2D eigenvalue weighted by Crippen LogP contribution is -2.50. The summed E-state index contributed by atoms with van der Waals surface area (Å²) in [5.74, 6) is -0.411. The number of morpholine rings is 1. The number of hydrogen-bond donors (Lipinski definition) is 2. The molecule has 37 heavy (non-hydrogen) atoms. The van der Waals surface area contributed by atoms with E-state index in [1.54, 1.807) is 40.7 Å². The molecular formula is C25H27N9O3. The van der Waals surface area contributed by atoms with Gasteiger partial charge in [0.15, 0.2) is 5.65 Å². The Morgan fingerprint density at radius 2 is 2.00 bits per heavy atom. The third-order valence-corrected chi connectivity index (χ3v) is 6.98. The molecule has 2 amide bonds. The molecule has 12 nitrogen and oxygen atoms in total. The maximum absolute atomic E-state index is 13.1. The number of nitrogens with zero attached hydrogens (tertiary/aromatic N) is 7. The summed E-state index contributed by atoms with van der Waals surface area (Å²) < 4.78 is 8.94. The second kappa shape index (κ2) is 9.05. The van der Waals surface area contributed by atoms with E-state index in [0.717, 1.165) is 30.5 Å². The number of hydrogen-bond acceptors (Lipinski definition) is 8. The van der Waals surface area contributed by atoms with Crippen molar-refractivity contribution in [3.8, 4) is 11.1 Å². The van der Waals surface area contributed by atoms with Gasteiger partial charge in [-0.3, -0.25) is 28.6 Å². The lowest BCUT2D eigenvalue weighted by atomic mass is 10.1. The largest absolute Gasteiger partial charge is 0.378 e. The molecule has 0 unspecified atom stereocenters. The summed E-state index contributed by atoms with van der Waals surface area (Å²) in [4.78, 5) is 32.4. The summed E-state index contributed by atoms with van der Waals surface area (Å²) in [5.41, 5.74) is 4.05. The van der Waals surface area contributed by atoms with Crippen LogP contribution < -0.4 is 10.6 Å². The standard InChI is InChI=1S/C25H27N9O3/c1-16-20(10-19(12-26-16)28-22(35)14-33-7-8-37-15-25(33)4-5-25)29-24(36)23-31-30-21-9-17(3-6-34(21)23)18-11-27-32(2)13-18/h3,6,9-13H,4-5,7-8,14-15H2,1-2H3,(H,28,35)(H,29,36). The minimum absolute atomic E-state index is 0.0278. The zero-order valence-corrected chi connectivity index (χ0v) is 20.6. The van der Waals surface area contributed by atoms with Crippen molar-refractivity contribution in [1.29, 1.82) is 0 Å². The zero-order chi connectivity index (χ0) is 25.6. The first-order valence-corrected chi connectivity index (χ1v) is 12.1. The Hall–Kier alpha value is -4.16. The second-order valence-corrected chi connectivity index (χ2v) is 9.63. The number of carbonyl (C=O) groups is 2. The molecule has 2 aliphatic rings. The molecule has 4 aromatic heterocycles. The van der Waals surface area contributed by atoms with E-state index < -0.39 is 5.91 Å². The van der Waals surface area contributed by atoms with Gasteiger partial charge in [-0.25, -0.2) is 0 Å². The highest BCUT2D eigenvalue weighted by Gasteiger charge is 2.50. The smallest absolute Gasteiger partial charge is 0.294 e. The monoisotopic (exact) mass is 501 g/mol. The normalized spacial score (nSPS) is 16.7. The third-order valence-electron chi connectivity index (χ3n) is 6.98. The SMILES string of the molecule is Cc1ncc(NC(=O)CN2CCOCC23CC3)cc1NC(=O)c1nnc2cc(-c3cnn(C)c3)ccn12. The predicted octanol–water partition coefficient (Wildman–Crippen LogP) is 1.89. The van der Waals surface area contributed by atoms with Crippen LogP contribution in [0.1, 0.15) is 29.2 Å². The molecule has 0 aromatic carbocycles. The molecule has 1 aliphatic carbocycles. The maximum Gasteiger partial charge on any atom is 0.294 e. The van der Waals surface area contributed by atoms with Gasteiger partial charge in [0, 0.05) is 37.1 Å². The fourth-order valence-corrected chi connectivity index (χ4v) is 4.69. The highest BCUT2D eigenvalue weighted by molar-refractivity contribution is 6.03. The van der Waals surface area contributed by atoms with Crippen LogP contribution in [0.2, 0.25) is 0 Å². The van der Waals surface area contributed by atoms with Crippen molar-refractivity contribution in [2.45, 2.75) is 25.3 Å². The average Bonchev–Trinajstić information content (AvgIpc) is 3.30. The summed E-state index contributed by atoms with van der Waals surface area (Å²) in [6, 6.07) is 5.44. The Morgan fingerprint density at radius 3 is 2.78 bits per heavy atom. The van der Waals surface area contributed by atoms with Crippen molar-refractivity contribution in [2.24, 2.45) is 7.05 Å². The molecule has 190 valence electrons. The van der Waals surface area contributed by atoms with Gasteiger partial charge in [0.05, 0.1) is 49.2 Å². The first kappa shape index (κ1) is 23.3. The lowest BCUT2D eigenvalue weighted by Gasteiger charge is -2.35. The van der Waals surface area contributed by atoms with E-state index in [0.29, 0.717) is 42.5 Å². The minimum Gasteiger partial charge on any atom is -0.378 e. The van der Waals surface area contributed by atoms with E-state index in [1.165, 1.54) is 0 Å². The van der Waals surface area contributed by atoms with E-state index >= 15 is 0 Å². The number of carbonyl (C=O) groups excluding carboxylic acids is 2. The molecule has 0 radical (unpaired) electrons. The summed E-state index contributed by atoms with van der Waals surface area (Å²) in [6.45, 7) is 4.15. The van der Waals surface area contributed by atoms with Gasteiger partial charge in [-0.2, -0.15) is 5.10 Å². The average molecular weight is 502 g/mol. The van der Waals surface area contributed by atoms with Gasteiger partial charge in [-0.15, -0.1) is 10.2 Å². The van der Waals surface area contributed by atoms with E-state index in [1.807, 2.05) is 25.4 Å². The van der Waals surface area contributed by atoms with Crippen molar-refractivity contribution in [1.82, 2.24) is 34.3 Å². The summed E-state index contributed by atoms with van der Waals surface area (Å²) in [7, 11) is 1.85. The van der Waals surface area contributed by atoms with Crippen LogP contribution in [0.5, 0.6) is 0 Å². The molecule has 0 atom stereocenters. The van der Waals surface area contributed by atoms with E-state index in [4.69, 9.17) is 4.74 Å². The number of rotatable bonds is 6. The summed E-state index contributed by atoms with van der Waals surface area (Å²) in [6.07, 6.45) is 9.13. The highest BCUT2D eigenvalue weighted by atomic mass is 16.5. The van der Waals surface area contributed by atoms with Crippen molar-refractivity contribution in [3.05, 3.63) is 54.5 Å². The molecule has 1 saturated heterocycles. The molecule has 1 aliphatic heterocycles. The van der Waals surface area contributed by atoms with Crippen molar-refractivity contribution >= 4 is 28.8 Å². The molecule has 4 aromatic rings. The fourth-order valence-electron chi connectivity index (χ4n) is 4.69. The second-order valence-electron chi connectivity index (χ2n) is 9.63. The molecule has 5 heterocycles. The van der Waals surface area contributed by atoms with Crippen molar-refractivity contribution in [2.75, 3.05) is 36.9 Å². The van der Waals surface area contributed by atoms with Crippen LogP contribution in [-0.2, 0) is 16.6 Å². The maximum atomic E-state index is 13.1. The number of ether oxygens (including phenoxy) is 1. The number of nitrogens with one attached hydrogen (secondary N) is 2. The quantitative estimate of drug-likeness (QED) is 0.410. The van der Waals surface area contributed by atoms with Gasteiger partial charge in [-0.05, 0) is 43.5 Å². The molecule has 1 spiro atoms. The lowest BCUT2D eigenvalue weighted by molar-refractivity contribution is -0.120. The Morgan fingerprint density at radius 1 is 1.14 bits per heavy atom. The topological polar surface area (TPSA) is 132 Å². The number of aromatic nitrogens is 6. The molecule has 0 bridgehead atoms. The van der Waals surface area contributed by atoms with Gasteiger partial charge < -0.3 is 15.4 Å². The molecular weight excluding hydrogens is 474 g/mol. The van der Waals surface area contributed by atoms with Crippen LogP contribution in [0.15, 0.2) is 43.0 Å². The Kier molecular flexibility index (Phi) is 5.69. The van der Waals surface area contributed by atoms with Gasteiger partial charge in [0.1, 0.15) is 0 Å². The minimum atomic E-state index is -0.431. The molecule has 1 saturated carbocycles. The third kappa shape index (κ3) is 4.56. The Labute approximate surface area is 212 Å². The number of pyridine rings is 2. The van der Waals surface area contributed by atoms with Crippen LogP contribution in [-0.4, -0.2) is 77.9 Å². The summed E-state index contributed by atoms with van der Waals surface area (Å²) >= 11 is 0. The summed E-state index contributed by atoms with van der Waals surface area (Å²) in [5, 5.41) is 18.2. The molecule has 6 rings (SSSR count). The molecule has 2 N–H and O–H groups in total.